The average molecular weight is 1240 g/mol. The van der Waals surface area contributed by atoms with Gasteiger partial charge >= 0.3 is 150 Å². The summed E-state index contributed by atoms with van der Waals surface area (Å²) in [4.78, 5) is 35.5. The molecule has 0 unspecified atom stereocenters. The maximum absolute atomic E-state index is 11.6. The zero-order chi connectivity index (χ0) is 45.7. The van der Waals surface area contributed by atoms with Crippen LogP contribution in [0.4, 0.5) is 4.79 Å². The molecular weight excluding hydrogens is 1190 g/mol. The van der Waals surface area contributed by atoms with Gasteiger partial charge in [-0.3, -0.25) is 19.4 Å². The molecule has 0 radical (unpaired) electrons. The molecule has 13 nitrogen and oxygen atoms in total. The summed E-state index contributed by atoms with van der Waals surface area (Å²) < 4.78 is 28.2. The Morgan fingerprint density at radius 1 is 0.723 bits per heavy atom. The molecule has 0 amide bonds. The third-order valence-corrected chi connectivity index (χ3v) is 12.1. The van der Waals surface area contributed by atoms with E-state index in [2.05, 4.69) is 52.9 Å². The molecule has 4 heterocycles. The standard InChI is InChI=1S/C23H26ClNO4.C14H17NO4.C9H10BrCl.CH2O3.2Cs/c1-3-16-6-5-7-20(24)19(16)13-28-18-9-8-17-11-23(29-21(17)10-18)14-25(15-23)12-22(26)27-4-2;1-2-18-13(17)7-15-8-14(9-15)6-10-3-4-11(16)5-12(10)19-14;1-2-7-4-3-5-9(11)8(7)6-10;2-1(3)4;;/h5-10H,3-4,11-15H2,1-2H3;3-5,16H,2,6-9H2,1H3;3-5H,2,6H2,1H3;(H2,2,3,4);;/q;;;;2*+1/p-1. The molecule has 65 heavy (non-hydrogen) atoms. The van der Waals surface area contributed by atoms with Crippen molar-refractivity contribution in [2.45, 2.75) is 76.5 Å². The normalized spacial score (nSPS) is 15.3. The first-order valence-corrected chi connectivity index (χ1v) is 22.7. The Kier molecular flexibility index (Phi) is 25.5. The van der Waals surface area contributed by atoms with Crippen LogP contribution >= 0.6 is 39.1 Å². The Bertz CT molecular complexity index is 2220. The molecule has 0 atom stereocenters. The molecule has 4 aromatic rings. The van der Waals surface area contributed by atoms with Gasteiger partial charge in [0, 0.05) is 72.1 Å². The SMILES string of the molecule is CCOC(=O)CN1CC2(Cc3ccc(O)cc3O2)C1.CCOC(=O)CN1CC2(Cc3ccc(OCc4c(Cl)cccc4CC)cc3O2)C1.CCc1cccc(Cl)c1CBr.O=C([O-])O.[Cs+].[Cs+]. The molecular formula is C47H54BrCl2Cs2N2O11+. The fourth-order valence-electron chi connectivity index (χ4n) is 8.11. The van der Waals surface area contributed by atoms with Crippen LogP contribution in [0.1, 0.15) is 61.1 Å². The molecule has 8 rings (SSSR count). The van der Waals surface area contributed by atoms with E-state index in [9.17, 15) is 14.7 Å². The number of hydrogen-bond donors (Lipinski definition) is 2. The van der Waals surface area contributed by atoms with Crippen molar-refractivity contribution in [1.29, 1.82) is 0 Å². The number of hydrogen-bond acceptors (Lipinski definition) is 12. The van der Waals surface area contributed by atoms with Crippen molar-refractivity contribution in [3.05, 3.63) is 116 Å². The largest absolute Gasteiger partial charge is 1.00 e. The third-order valence-electron chi connectivity index (χ3n) is 10.8. The zero-order valence-corrected chi connectivity index (χ0v) is 53.6. The number of halogens is 3. The molecule has 0 bridgehead atoms. The number of ether oxygens (including phenoxy) is 5. The van der Waals surface area contributed by atoms with E-state index in [0.29, 0.717) is 32.9 Å². The molecule has 0 aliphatic carbocycles. The number of esters is 2. The molecule has 0 aromatic heterocycles. The molecule has 340 valence electrons. The number of carbonyl (C=O) groups excluding carboxylic acids is 2. The average Bonchev–Trinajstić information content (AvgIpc) is 3.79. The molecule has 4 aliphatic rings. The number of rotatable bonds is 12. The summed E-state index contributed by atoms with van der Waals surface area (Å²) >= 11 is 15.8. The summed E-state index contributed by atoms with van der Waals surface area (Å²) in [6.45, 7) is 12.7. The molecule has 2 N–H and O–H groups in total. The number of phenolic OH excluding ortho intramolecular Hbond substituents is 1. The van der Waals surface area contributed by atoms with Crippen LogP contribution in [0, 0.1) is 0 Å². The van der Waals surface area contributed by atoms with Crippen molar-refractivity contribution >= 4 is 57.2 Å². The first-order chi connectivity index (χ1) is 30.1. The Labute approximate surface area is 517 Å². The predicted octanol–water partition coefficient (Wildman–Crippen LogP) is 1.67. The van der Waals surface area contributed by atoms with Crippen molar-refractivity contribution in [3.8, 4) is 23.0 Å². The molecule has 18 heteroatoms. The van der Waals surface area contributed by atoms with Crippen LogP contribution in [0.3, 0.4) is 0 Å². The van der Waals surface area contributed by atoms with Gasteiger partial charge in [-0.1, -0.05) is 89.4 Å². The van der Waals surface area contributed by atoms with Crippen LogP contribution in [0.15, 0.2) is 72.8 Å². The smallest absolute Gasteiger partial charge is 0.565 e. The van der Waals surface area contributed by atoms with Crippen molar-refractivity contribution in [2.24, 2.45) is 0 Å². The fraction of sp³-hybridized carbons (Fsp3) is 0.426. The Hall–Kier alpha value is -0.626. The second-order valence-electron chi connectivity index (χ2n) is 15.5. The number of alkyl halides is 1. The zero-order valence-electron chi connectivity index (χ0n) is 37.9. The predicted molar refractivity (Wildman–Crippen MR) is 241 cm³/mol. The van der Waals surface area contributed by atoms with Gasteiger partial charge in [0.25, 0.3) is 0 Å². The van der Waals surface area contributed by atoms with Gasteiger partial charge in [-0.05, 0) is 78.8 Å². The number of carbonyl (C=O) groups is 3. The first-order valence-electron chi connectivity index (χ1n) is 20.8. The number of benzene rings is 4. The Balaban J connectivity index is 0.000000268. The van der Waals surface area contributed by atoms with Gasteiger partial charge in [0.1, 0.15) is 40.8 Å². The summed E-state index contributed by atoms with van der Waals surface area (Å²) in [5.74, 6) is 2.25. The summed E-state index contributed by atoms with van der Waals surface area (Å²) in [7, 11) is 0. The summed E-state index contributed by atoms with van der Waals surface area (Å²) in [5.41, 5.74) is 6.63. The number of nitrogens with zero attached hydrogens (tertiary/aromatic N) is 2. The minimum absolute atomic E-state index is 0. The van der Waals surface area contributed by atoms with E-state index >= 15 is 0 Å². The van der Waals surface area contributed by atoms with E-state index < -0.39 is 6.16 Å². The summed E-state index contributed by atoms with van der Waals surface area (Å²) in [5, 5.41) is 27.2. The van der Waals surface area contributed by atoms with E-state index in [0.717, 1.165) is 95.6 Å². The van der Waals surface area contributed by atoms with Crippen LogP contribution in [0.5, 0.6) is 23.0 Å². The van der Waals surface area contributed by atoms with Crippen molar-refractivity contribution in [3.63, 3.8) is 0 Å². The van der Waals surface area contributed by atoms with Gasteiger partial charge in [0.15, 0.2) is 0 Å². The van der Waals surface area contributed by atoms with Gasteiger partial charge in [-0.2, -0.15) is 0 Å². The summed E-state index contributed by atoms with van der Waals surface area (Å²) in [6.07, 6.45) is 1.56. The van der Waals surface area contributed by atoms with Crippen LogP contribution in [-0.2, 0) is 56.7 Å². The van der Waals surface area contributed by atoms with Crippen LogP contribution in [0.2, 0.25) is 10.0 Å². The fourth-order valence-corrected chi connectivity index (χ4v) is 9.44. The minimum atomic E-state index is -2.08. The Morgan fingerprint density at radius 2 is 1.17 bits per heavy atom. The van der Waals surface area contributed by atoms with Crippen LogP contribution in [0.25, 0.3) is 0 Å². The van der Waals surface area contributed by atoms with E-state index in [1.54, 1.807) is 19.1 Å². The van der Waals surface area contributed by atoms with Gasteiger partial charge < -0.3 is 43.8 Å². The molecule has 4 aliphatic heterocycles. The number of phenols is 1. The third kappa shape index (κ3) is 17.0. The van der Waals surface area contributed by atoms with E-state index in [1.165, 1.54) is 22.3 Å². The summed E-state index contributed by atoms with van der Waals surface area (Å²) in [6, 6.07) is 23.2. The van der Waals surface area contributed by atoms with Gasteiger partial charge in [-0.15, -0.1) is 0 Å². The monoisotopic (exact) mass is 1240 g/mol. The van der Waals surface area contributed by atoms with Crippen molar-refractivity contribution in [1.82, 2.24) is 9.80 Å². The van der Waals surface area contributed by atoms with E-state index in [1.807, 2.05) is 54.3 Å². The van der Waals surface area contributed by atoms with Gasteiger partial charge in [0.2, 0.25) is 6.16 Å². The van der Waals surface area contributed by atoms with E-state index in [4.69, 9.17) is 61.9 Å². The second-order valence-corrected chi connectivity index (χ2v) is 16.9. The number of aromatic hydroxyl groups is 1. The van der Waals surface area contributed by atoms with Crippen molar-refractivity contribution in [2.75, 3.05) is 52.5 Å². The molecule has 2 fully saturated rings. The quantitative estimate of drug-likeness (QED) is 0.156. The number of likely N-dealkylation sites (tertiary alicyclic amines) is 2. The van der Waals surface area contributed by atoms with E-state index in [-0.39, 0.29) is 167 Å². The second kappa shape index (κ2) is 28.3. The molecule has 2 saturated heterocycles. The van der Waals surface area contributed by atoms with Crippen molar-refractivity contribution < 1.29 is 191 Å². The minimum Gasteiger partial charge on any atom is -0.565 e. The van der Waals surface area contributed by atoms with Gasteiger partial charge in [-0.25, -0.2) is 0 Å². The van der Waals surface area contributed by atoms with Crippen LogP contribution in [-0.4, -0.2) is 102 Å². The van der Waals surface area contributed by atoms with Crippen LogP contribution < -0.4 is 157 Å². The first kappa shape index (κ1) is 58.7. The number of fused-ring (bicyclic) bond motifs is 2. The topological polar surface area (TPSA) is 167 Å². The van der Waals surface area contributed by atoms with Gasteiger partial charge in [0.05, 0.1) is 26.3 Å². The number of aryl methyl sites for hydroxylation is 2. The molecule has 0 saturated carbocycles. The molecule has 2 spiro atoms. The maximum Gasteiger partial charge on any atom is 1.00 e. The Morgan fingerprint density at radius 3 is 1.62 bits per heavy atom. The number of carboxylic acid groups (broad SMARTS) is 2. The maximum atomic E-state index is 11.6. The molecule has 4 aromatic carbocycles.